The van der Waals surface area contributed by atoms with Gasteiger partial charge in [0.05, 0.1) is 47.8 Å². The molecule has 7 N–H and O–H groups in total. The van der Waals surface area contributed by atoms with Gasteiger partial charge in [-0.05, 0) is 44.2 Å². The molecule has 1 amide bonds. The SMILES string of the molecule is COc1cccc2c1C(=O)c1c(O)c3c(c(O)c1C2=O)C[C@@](O)(/C(C)=N/NC(=O)c1ccc(Cl)cc1)C[C@H]3O[C@H]1C[C@@H](N)[C@@H](O)[C@@H](C)O1. The number of aliphatic hydroxyl groups excluding tert-OH is 1. The number of hydrazone groups is 1. The van der Waals surface area contributed by atoms with Crippen LogP contribution >= 0.6 is 11.6 Å². The average molecular weight is 680 g/mol. The summed E-state index contributed by atoms with van der Waals surface area (Å²) in [4.78, 5) is 40.5. The number of methoxy groups -OCH3 is 1. The van der Waals surface area contributed by atoms with Crippen molar-refractivity contribution >= 4 is 34.8 Å². The minimum atomic E-state index is -1.91. The molecule has 6 atom stereocenters. The van der Waals surface area contributed by atoms with Gasteiger partial charge in [-0.1, -0.05) is 23.7 Å². The van der Waals surface area contributed by atoms with Crippen LogP contribution in [0.3, 0.4) is 0 Å². The second-order valence-corrected chi connectivity index (χ2v) is 12.7. The Balaban J connectivity index is 1.44. The van der Waals surface area contributed by atoms with Crippen molar-refractivity contribution in [3.05, 3.63) is 86.4 Å². The lowest BCUT2D eigenvalue weighted by Crippen LogP contribution is -2.52. The van der Waals surface area contributed by atoms with E-state index in [1.165, 1.54) is 56.5 Å². The Hall–Kier alpha value is -4.37. The van der Waals surface area contributed by atoms with Crippen LogP contribution in [0.5, 0.6) is 17.2 Å². The molecule has 48 heavy (non-hydrogen) atoms. The van der Waals surface area contributed by atoms with Gasteiger partial charge in [0.25, 0.3) is 5.91 Å². The van der Waals surface area contributed by atoms with Crippen molar-refractivity contribution in [2.75, 3.05) is 7.11 Å². The van der Waals surface area contributed by atoms with Gasteiger partial charge in [-0.15, -0.1) is 0 Å². The monoisotopic (exact) mass is 679 g/mol. The van der Waals surface area contributed by atoms with Crippen LogP contribution in [0.1, 0.15) is 86.1 Å². The number of rotatable bonds is 6. The number of nitrogens with zero attached hydrogens (tertiary/aromatic N) is 1. The second kappa shape index (κ2) is 12.6. The molecule has 1 heterocycles. The smallest absolute Gasteiger partial charge is 0.271 e. The molecule has 1 fully saturated rings. The van der Waals surface area contributed by atoms with Crippen LogP contribution in [0.15, 0.2) is 47.6 Å². The van der Waals surface area contributed by atoms with E-state index in [0.717, 1.165) is 0 Å². The number of halogens is 1. The molecule has 6 rings (SSSR count). The van der Waals surface area contributed by atoms with E-state index in [1.54, 1.807) is 6.92 Å². The zero-order valence-corrected chi connectivity index (χ0v) is 26.9. The fourth-order valence-electron chi connectivity index (χ4n) is 6.57. The van der Waals surface area contributed by atoms with Gasteiger partial charge < -0.3 is 40.4 Å². The zero-order valence-electron chi connectivity index (χ0n) is 26.2. The first-order valence-electron chi connectivity index (χ1n) is 15.2. The van der Waals surface area contributed by atoms with Crippen LogP contribution < -0.4 is 15.9 Å². The Morgan fingerprint density at radius 1 is 1.08 bits per heavy atom. The maximum atomic E-state index is 13.9. The number of carbonyl (C=O) groups is 3. The van der Waals surface area contributed by atoms with Crippen LogP contribution in [-0.2, 0) is 15.9 Å². The van der Waals surface area contributed by atoms with Gasteiger partial charge in [-0.3, -0.25) is 14.4 Å². The summed E-state index contributed by atoms with van der Waals surface area (Å²) in [6, 6.07) is 9.80. The van der Waals surface area contributed by atoms with Crippen LogP contribution in [0.25, 0.3) is 0 Å². The number of phenolic OH excluding ortho intramolecular Hbond substituents is 2. The molecule has 14 heteroatoms. The molecule has 3 aliphatic rings. The Morgan fingerprint density at radius 2 is 1.77 bits per heavy atom. The number of benzene rings is 3. The molecule has 1 saturated heterocycles. The number of ether oxygens (including phenoxy) is 3. The number of hydrogen-bond acceptors (Lipinski definition) is 12. The predicted octanol–water partition coefficient (Wildman–Crippen LogP) is 2.90. The fourth-order valence-corrected chi connectivity index (χ4v) is 6.70. The molecule has 3 aromatic rings. The Morgan fingerprint density at radius 3 is 2.44 bits per heavy atom. The molecule has 0 unspecified atom stereocenters. The lowest BCUT2D eigenvalue weighted by Gasteiger charge is -2.42. The highest BCUT2D eigenvalue weighted by Crippen LogP contribution is 2.52. The lowest BCUT2D eigenvalue weighted by atomic mass is 9.71. The standard InChI is InChI=1S/C34H34ClN3O10/c1-14-28(39)20(36)11-23(47-14)48-22-13-34(45,15(2)37-38-33(44)16-7-9-17(35)10-8-16)12-19-25(22)32(43)27-26(30(19)41)29(40)18-5-4-6-21(46-3)24(18)31(27)42/h4-10,14,20,22-23,28,39,41,43,45H,11-13,36H2,1-3H3,(H,38,44)/b37-15+/t14-,20-,22-,23+,28+,34+/m1/s1. The second-order valence-electron chi connectivity index (χ2n) is 12.2. The highest BCUT2D eigenvalue weighted by atomic mass is 35.5. The predicted molar refractivity (Wildman–Crippen MR) is 172 cm³/mol. The molecule has 0 spiro atoms. The van der Waals surface area contributed by atoms with E-state index < -0.39 is 76.3 Å². The van der Waals surface area contributed by atoms with Gasteiger partial charge in [0.1, 0.15) is 22.8 Å². The molecule has 1 aliphatic heterocycles. The molecule has 0 bridgehead atoms. The Bertz CT molecular complexity index is 1850. The van der Waals surface area contributed by atoms with Crippen molar-refractivity contribution in [1.82, 2.24) is 5.43 Å². The van der Waals surface area contributed by atoms with Crippen molar-refractivity contribution in [2.45, 2.75) is 69.4 Å². The van der Waals surface area contributed by atoms with E-state index in [4.69, 9.17) is 31.5 Å². The first kappa shape index (κ1) is 33.5. The third-order valence-electron chi connectivity index (χ3n) is 9.25. The van der Waals surface area contributed by atoms with Crippen LogP contribution in [0.2, 0.25) is 5.02 Å². The highest BCUT2D eigenvalue weighted by molar-refractivity contribution is 6.31. The summed E-state index contributed by atoms with van der Waals surface area (Å²) in [6.45, 7) is 3.07. The summed E-state index contributed by atoms with van der Waals surface area (Å²) in [5.74, 6) is -3.19. The van der Waals surface area contributed by atoms with Crippen LogP contribution in [0, 0.1) is 0 Å². The summed E-state index contributed by atoms with van der Waals surface area (Å²) >= 11 is 5.92. The van der Waals surface area contributed by atoms with Crippen molar-refractivity contribution < 1.29 is 49.0 Å². The van der Waals surface area contributed by atoms with Gasteiger partial charge in [-0.25, -0.2) is 5.43 Å². The van der Waals surface area contributed by atoms with E-state index in [1.807, 2.05) is 0 Å². The van der Waals surface area contributed by atoms with Crippen molar-refractivity contribution in [1.29, 1.82) is 0 Å². The van der Waals surface area contributed by atoms with Gasteiger partial charge in [0, 0.05) is 52.6 Å². The van der Waals surface area contributed by atoms with Crippen molar-refractivity contribution in [3.8, 4) is 17.2 Å². The molecule has 0 saturated carbocycles. The summed E-state index contributed by atoms with van der Waals surface area (Å²) in [6.07, 6.45) is -4.60. The third-order valence-corrected chi connectivity index (χ3v) is 9.50. The number of aliphatic hydroxyl groups is 2. The van der Waals surface area contributed by atoms with E-state index >= 15 is 0 Å². The largest absolute Gasteiger partial charge is 0.507 e. The Kier molecular flexibility index (Phi) is 8.79. The first-order valence-corrected chi connectivity index (χ1v) is 15.6. The first-order chi connectivity index (χ1) is 22.7. The number of ketones is 2. The molecular weight excluding hydrogens is 646 g/mol. The number of nitrogens with two attached hydrogens (primary N) is 1. The molecule has 252 valence electrons. The van der Waals surface area contributed by atoms with E-state index in [9.17, 15) is 34.8 Å². The molecule has 0 aromatic heterocycles. The fraction of sp³-hybridized carbons (Fsp3) is 0.353. The summed E-state index contributed by atoms with van der Waals surface area (Å²) < 4.78 is 17.5. The van der Waals surface area contributed by atoms with Gasteiger partial charge >= 0.3 is 0 Å². The highest BCUT2D eigenvalue weighted by Gasteiger charge is 2.49. The number of phenols is 2. The number of aromatic hydroxyl groups is 2. The molecule has 0 radical (unpaired) electrons. The van der Waals surface area contributed by atoms with Gasteiger partial charge in [-0.2, -0.15) is 5.10 Å². The lowest BCUT2D eigenvalue weighted by molar-refractivity contribution is -0.245. The molecule has 3 aromatic carbocycles. The topological polar surface area (TPSA) is 210 Å². The van der Waals surface area contributed by atoms with E-state index in [2.05, 4.69) is 10.5 Å². The Labute approximate surface area is 279 Å². The number of nitrogens with one attached hydrogen (secondary N) is 1. The normalized spacial score (nSPS) is 26.7. The van der Waals surface area contributed by atoms with Crippen LogP contribution in [0.4, 0.5) is 0 Å². The van der Waals surface area contributed by atoms with Gasteiger partial charge in [0.2, 0.25) is 5.78 Å². The van der Waals surface area contributed by atoms with Crippen LogP contribution in [-0.4, -0.2) is 80.9 Å². The molecular formula is C34H34ClN3O10. The average Bonchev–Trinajstić information content (AvgIpc) is 3.06. The maximum absolute atomic E-state index is 13.9. The van der Waals surface area contributed by atoms with E-state index in [0.29, 0.717) is 5.02 Å². The summed E-state index contributed by atoms with van der Waals surface area (Å²) in [5.41, 5.74) is 5.83. The number of fused-ring (bicyclic) bond motifs is 3. The number of hydrogen-bond donors (Lipinski definition) is 6. The van der Waals surface area contributed by atoms with Crippen molar-refractivity contribution in [3.63, 3.8) is 0 Å². The quantitative estimate of drug-likeness (QED) is 0.0991. The van der Waals surface area contributed by atoms with E-state index in [-0.39, 0.29) is 58.5 Å². The minimum absolute atomic E-state index is 0.0169. The number of carbonyl (C=O) groups excluding carboxylic acids is 3. The third kappa shape index (κ3) is 5.62. The minimum Gasteiger partial charge on any atom is -0.507 e. The number of amides is 1. The summed E-state index contributed by atoms with van der Waals surface area (Å²) in [7, 11) is 1.34. The molecule has 13 nitrogen and oxygen atoms in total. The van der Waals surface area contributed by atoms with Gasteiger partial charge in [0.15, 0.2) is 12.1 Å². The maximum Gasteiger partial charge on any atom is 0.271 e. The summed E-state index contributed by atoms with van der Waals surface area (Å²) in [5, 5.41) is 50.4. The molecule has 2 aliphatic carbocycles. The van der Waals surface area contributed by atoms with Crippen molar-refractivity contribution in [2.24, 2.45) is 10.8 Å². The zero-order chi connectivity index (χ0) is 34.7.